The first-order valence-electron chi connectivity index (χ1n) is 10.1. The standard InChI is InChI=1S/C23H29N3O/c1-23(2)16-26(20-9-6-14-24-21(20)23)22(27)18-10-12-19(13-11-18)25-15-17-7-4-3-5-8-17/h3-9,14,18-19,25H,10-13,15-16H2,1-2H3. The molecule has 142 valence electrons. The zero-order valence-corrected chi connectivity index (χ0v) is 16.3. The second-order valence-electron chi connectivity index (χ2n) is 8.59. The summed E-state index contributed by atoms with van der Waals surface area (Å²) in [6.45, 7) is 6.00. The largest absolute Gasteiger partial charge is 0.310 e. The number of nitrogens with one attached hydrogen (secondary N) is 1. The van der Waals surface area contributed by atoms with Crippen molar-refractivity contribution in [3.8, 4) is 0 Å². The molecule has 2 aromatic rings. The van der Waals surface area contributed by atoms with Gasteiger partial charge in [0.05, 0.1) is 11.4 Å². The van der Waals surface area contributed by atoms with E-state index in [1.165, 1.54) is 5.56 Å². The second-order valence-corrected chi connectivity index (χ2v) is 8.59. The fourth-order valence-corrected chi connectivity index (χ4v) is 4.51. The van der Waals surface area contributed by atoms with E-state index in [9.17, 15) is 4.79 Å². The zero-order chi connectivity index (χ0) is 18.9. The van der Waals surface area contributed by atoms with Crippen LogP contribution in [0.3, 0.4) is 0 Å². The molecule has 1 aliphatic carbocycles. The first kappa shape index (κ1) is 18.2. The maximum atomic E-state index is 13.2. The highest BCUT2D eigenvalue weighted by Crippen LogP contribution is 2.40. The Morgan fingerprint density at radius 1 is 1.11 bits per heavy atom. The Morgan fingerprint density at radius 2 is 1.85 bits per heavy atom. The normalized spacial score (nSPS) is 23.9. The van der Waals surface area contributed by atoms with E-state index in [4.69, 9.17) is 0 Å². The van der Waals surface area contributed by atoms with Crippen LogP contribution >= 0.6 is 0 Å². The lowest BCUT2D eigenvalue weighted by Gasteiger charge is -2.31. The van der Waals surface area contributed by atoms with Crippen LogP contribution in [0.25, 0.3) is 0 Å². The third-order valence-corrected chi connectivity index (χ3v) is 6.05. The number of fused-ring (bicyclic) bond motifs is 1. The molecular formula is C23H29N3O. The number of pyridine rings is 1. The molecule has 0 saturated heterocycles. The molecule has 1 saturated carbocycles. The number of benzene rings is 1. The van der Waals surface area contributed by atoms with Gasteiger partial charge in [-0.05, 0) is 43.4 Å². The van der Waals surface area contributed by atoms with Crippen molar-refractivity contribution in [2.24, 2.45) is 5.92 Å². The molecular weight excluding hydrogens is 334 g/mol. The highest BCUT2D eigenvalue weighted by atomic mass is 16.2. The van der Waals surface area contributed by atoms with Crippen LogP contribution in [0.2, 0.25) is 0 Å². The van der Waals surface area contributed by atoms with Crippen molar-refractivity contribution in [3.63, 3.8) is 0 Å². The third kappa shape index (κ3) is 3.77. The van der Waals surface area contributed by atoms with Crippen LogP contribution in [0.4, 0.5) is 5.69 Å². The molecule has 1 N–H and O–H groups in total. The van der Waals surface area contributed by atoms with Crippen LogP contribution in [0.1, 0.15) is 50.8 Å². The van der Waals surface area contributed by atoms with Gasteiger partial charge in [-0.1, -0.05) is 44.2 Å². The van der Waals surface area contributed by atoms with Gasteiger partial charge in [-0.15, -0.1) is 0 Å². The topological polar surface area (TPSA) is 45.2 Å². The third-order valence-electron chi connectivity index (χ3n) is 6.05. The molecule has 1 amide bonds. The number of amides is 1. The predicted molar refractivity (Wildman–Crippen MR) is 109 cm³/mol. The number of anilines is 1. The molecule has 27 heavy (non-hydrogen) atoms. The molecule has 1 aromatic heterocycles. The molecule has 4 nitrogen and oxygen atoms in total. The molecule has 0 atom stereocenters. The zero-order valence-electron chi connectivity index (χ0n) is 16.3. The molecule has 0 radical (unpaired) electrons. The number of carbonyl (C=O) groups excluding carboxylic acids is 1. The Bertz CT molecular complexity index is 794. The van der Waals surface area contributed by atoms with Gasteiger partial charge < -0.3 is 10.2 Å². The smallest absolute Gasteiger partial charge is 0.230 e. The highest BCUT2D eigenvalue weighted by Gasteiger charge is 2.41. The minimum absolute atomic E-state index is 0.0688. The molecule has 1 fully saturated rings. The van der Waals surface area contributed by atoms with Crippen molar-refractivity contribution in [2.45, 2.75) is 57.5 Å². The first-order valence-corrected chi connectivity index (χ1v) is 10.1. The van der Waals surface area contributed by atoms with Crippen LogP contribution in [0, 0.1) is 5.92 Å². The number of hydrogen-bond acceptors (Lipinski definition) is 3. The Hall–Kier alpha value is -2.20. The van der Waals surface area contributed by atoms with Crippen molar-refractivity contribution in [1.29, 1.82) is 0 Å². The summed E-state index contributed by atoms with van der Waals surface area (Å²) < 4.78 is 0. The number of nitrogens with zero attached hydrogens (tertiary/aromatic N) is 2. The molecule has 2 heterocycles. The van der Waals surface area contributed by atoms with E-state index in [1.807, 2.05) is 29.3 Å². The molecule has 1 aromatic carbocycles. The number of hydrogen-bond donors (Lipinski definition) is 1. The summed E-state index contributed by atoms with van der Waals surface area (Å²) in [6.07, 6.45) is 5.91. The Labute approximate surface area is 162 Å². The van der Waals surface area contributed by atoms with E-state index < -0.39 is 0 Å². The van der Waals surface area contributed by atoms with Crippen molar-refractivity contribution in [2.75, 3.05) is 11.4 Å². The molecule has 0 spiro atoms. The van der Waals surface area contributed by atoms with Gasteiger partial charge in [0.25, 0.3) is 0 Å². The number of aromatic nitrogens is 1. The van der Waals surface area contributed by atoms with Gasteiger partial charge in [0.1, 0.15) is 0 Å². The van der Waals surface area contributed by atoms with Gasteiger partial charge in [-0.2, -0.15) is 0 Å². The van der Waals surface area contributed by atoms with E-state index in [-0.39, 0.29) is 17.2 Å². The summed E-state index contributed by atoms with van der Waals surface area (Å²) >= 11 is 0. The lowest BCUT2D eigenvalue weighted by Crippen LogP contribution is -2.41. The minimum atomic E-state index is -0.0688. The van der Waals surface area contributed by atoms with Crippen LogP contribution < -0.4 is 10.2 Å². The van der Waals surface area contributed by atoms with Gasteiger partial charge >= 0.3 is 0 Å². The Kier molecular flexibility index (Phi) is 5.00. The summed E-state index contributed by atoms with van der Waals surface area (Å²) in [6, 6.07) is 15.0. The predicted octanol–water partition coefficient (Wildman–Crippen LogP) is 4.05. The van der Waals surface area contributed by atoms with Crippen LogP contribution in [-0.2, 0) is 16.8 Å². The van der Waals surface area contributed by atoms with Crippen molar-refractivity contribution in [1.82, 2.24) is 10.3 Å². The van der Waals surface area contributed by atoms with Crippen LogP contribution in [-0.4, -0.2) is 23.5 Å². The Morgan fingerprint density at radius 3 is 2.59 bits per heavy atom. The van der Waals surface area contributed by atoms with Gasteiger partial charge in [0.2, 0.25) is 5.91 Å². The lowest BCUT2D eigenvalue weighted by molar-refractivity contribution is -0.123. The summed E-state index contributed by atoms with van der Waals surface area (Å²) in [5.74, 6) is 0.429. The van der Waals surface area contributed by atoms with Crippen molar-refractivity contribution >= 4 is 11.6 Å². The molecule has 0 unspecified atom stereocenters. The maximum Gasteiger partial charge on any atom is 0.230 e. The maximum absolute atomic E-state index is 13.2. The average molecular weight is 364 g/mol. The lowest BCUT2D eigenvalue weighted by atomic mass is 9.85. The molecule has 0 bridgehead atoms. The molecule has 4 heteroatoms. The van der Waals surface area contributed by atoms with Crippen LogP contribution in [0.5, 0.6) is 0 Å². The molecule has 1 aliphatic heterocycles. The molecule has 2 aliphatic rings. The van der Waals surface area contributed by atoms with Gasteiger partial charge in [0.15, 0.2) is 0 Å². The molecule has 4 rings (SSSR count). The number of rotatable bonds is 4. The summed E-state index contributed by atoms with van der Waals surface area (Å²) in [5, 5.41) is 3.66. The van der Waals surface area contributed by atoms with E-state index in [1.54, 1.807) is 0 Å². The first-order chi connectivity index (χ1) is 13.0. The SMILES string of the molecule is CC1(C)CN(C(=O)C2CCC(NCc3ccccc3)CC2)c2cccnc21. The van der Waals surface area contributed by atoms with Gasteiger partial charge in [-0.3, -0.25) is 9.78 Å². The monoisotopic (exact) mass is 363 g/mol. The highest BCUT2D eigenvalue weighted by molar-refractivity contribution is 5.97. The Balaban J connectivity index is 1.34. The van der Waals surface area contributed by atoms with Crippen LogP contribution in [0.15, 0.2) is 48.7 Å². The quantitative estimate of drug-likeness (QED) is 0.891. The van der Waals surface area contributed by atoms with E-state index >= 15 is 0 Å². The van der Waals surface area contributed by atoms with Crippen molar-refractivity contribution in [3.05, 3.63) is 59.9 Å². The van der Waals surface area contributed by atoms with E-state index in [2.05, 4.69) is 48.4 Å². The summed E-state index contributed by atoms with van der Waals surface area (Å²) in [7, 11) is 0. The van der Waals surface area contributed by atoms with E-state index in [0.29, 0.717) is 6.04 Å². The summed E-state index contributed by atoms with van der Waals surface area (Å²) in [5.41, 5.74) is 3.31. The second kappa shape index (κ2) is 7.43. The van der Waals surface area contributed by atoms with Gasteiger partial charge in [0, 0.05) is 36.7 Å². The average Bonchev–Trinajstić information content (AvgIpc) is 2.98. The number of carbonyl (C=O) groups is 1. The fraction of sp³-hybridized carbons (Fsp3) is 0.478. The minimum Gasteiger partial charge on any atom is -0.310 e. The van der Waals surface area contributed by atoms with Crippen molar-refractivity contribution < 1.29 is 4.79 Å². The van der Waals surface area contributed by atoms with E-state index in [0.717, 1.165) is 50.2 Å². The summed E-state index contributed by atoms with van der Waals surface area (Å²) in [4.78, 5) is 19.8. The van der Waals surface area contributed by atoms with Gasteiger partial charge in [-0.25, -0.2) is 0 Å². The fourth-order valence-electron chi connectivity index (χ4n) is 4.51.